The lowest BCUT2D eigenvalue weighted by Gasteiger charge is -2.34. The number of nitrogens with one attached hydrogen (secondary N) is 2. The first-order valence-corrected chi connectivity index (χ1v) is 9.76. The highest BCUT2D eigenvalue weighted by molar-refractivity contribution is 6.33. The van der Waals surface area contributed by atoms with Gasteiger partial charge in [-0.3, -0.25) is 19.4 Å². The fourth-order valence-electron chi connectivity index (χ4n) is 3.61. The van der Waals surface area contributed by atoms with Crippen LogP contribution in [0.5, 0.6) is 0 Å². The van der Waals surface area contributed by atoms with Crippen molar-refractivity contribution in [1.82, 2.24) is 15.1 Å². The van der Waals surface area contributed by atoms with Crippen molar-refractivity contribution in [2.75, 3.05) is 44.6 Å². The van der Waals surface area contributed by atoms with Gasteiger partial charge in [-0.15, -0.1) is 0 Å². The van der Waals surface area contributed by atoms with Crippen molar-refractivity contribution >= 4 is 29.1 Å². The molecule has 0 unspecified atom stereocenters. The zero-order chi connectivity index (χ0) is 18.4. The quantitative estimate of drug-likeness (QED) is 0.794. The zero-order valence-corrected chi connectivity index (χ0v) is 15.8. The molecule has 7 heteroatoms. The molecule has 142 valence electrons. The summed E-state index contributed by atoms with van der Waals surface area (Å²) in [6.45, 7) is 3.97. The molecule has 0 atom stereocenters. The third kappa shape index (κ3) is 5.69. The molecule has 1 saturated heterocycles. The lowest BCUT2D eigenvalue weighted by atomic mass is 10.2. The Balaban J connectivity index is 1.36. The molecule has 0 bridgehead atoms. The minimum atomic E-state index is -0.0643. The molecule has 1 saturated carbocycles. The Morgan fingerprint density at radius 2 is 1.54 bits per heavy atom. The smallest absolute Gasteiger partial charge is 0.238 e. The molecule has 1 aliphatic heterocycles. The van der Waals surface area contributed by atoms with Crippen molar-refractivity contribution in [3.8, 4) is 0 Å². The highest BCUT2D eigenvalue weighted by atomic mass is 35.5. The van der Waals surface area contributed by atoms with Crippen molar-refractivity contribution in [3.05, 3.63) is 29.3 Å². The number of nitrogens with zero attached hydrogens (tertiary/aromatic N) is 2. The molecule has 2 fully saturated rings. The van der Waals surface area contributed by atoms with E-state index in [1.165, 1.54) is 12.8 Å². The van der Waals surface area contributed by atoms with Crippen LogP contribution in [-0.4, -0.2) is 66.9 Å². The van der Waals surface area contributed by atoms with Gasteiger partial charge in [0.1, 0.15) is 0 Å². The summed E-state index contributed by atoms with van der Waals surface area (Å²) < 4.78 is 0. The molecule has 2 N–H and O–H groups in total. The molecule has 0 aromatic heterocycles. The van der Waals surface area contributed by atoms with Crippen LogP contribution in [0.25, 0.3) is 0 Å². The molecule has 1 aromatic carbocycles. The number of para-hydroxylation sites is 1. The number of piperazine rings is 1. The fourth-order valence-corrected chi connectivity index (χ4v) is 3.79. The van der Waals surface area contributed by atoms with E-state index in [9.17, 15) is 9.59 Å². The number of amides is 2. The van der Waals surface area contributed by atoms with E-state index in [1.807, 2.05) is 12.1 Å². The number of hydrogen-bond acceptors (Lipinski definition) is 4. The van der Waals surface area contributed by atoms with Gasteiger partial charge in [-0.2, -0.15) is 0 Å². The van der Waals surface area contributed by atoms with Crippen molar-refractivity contribution in [3.63, 3.8) is 0 Å². The summed E-state index contributed by atoms with van der Waals surface area (Å²) in [5, 5.41) is 6.52. The molecule has 2 amide bonds. The van der Waals surface area contributed by atoms with Crippen LogP contribution in [0.2, 0.25) is 5.02 Å². The Morgan fingerprint density at radius 1 is 0.962 bits per heavy atom. The van der Waals surface area contributed by atoms with Gasteiger partial charge in [-0.25, -0.2) is 0 Å². The van der Waals surface area contributed by atoms with Crippen molar-refractivity contribution in [2.24, 2.45) is 0 Å². The fraction of sp³-hybridized carbons (Fsp3) is 0.579. The summed E-state index contributed by atoms with van der Waals surface area (Å²) in [5.74, 6) is 0.0624. The highest BCUT2D eigenvalue weighted by Crippen LogP contribution is 2.20. The Hall–Kier alpha value is -1.63. The summed E-state index contributed by atoms with van der Waals surface area (Å²) >= 11 is 6.07. The van der Waals surface area contributed by atoms with Crippen LogP contribution in [0.3, 0.4) is 0 Å². The van der Waals surface area contributed by atoms with Gasteiger partial charge in [-0.05, 0) is 25.0 Å². The third-order valence-corrected chi connectivity index (χ3v) is 5.40. The topological polar surface area (TPSA) is 64.7 Å². The number of hydrogen-bond donors (Lipinski definition) is 2. The van der Waals surface area contributed by atoms with E-state index >= 15 is 0 Å². The average molecular weight is 379 g/mol. The Bertz CT molecular complexity index is 626. The zero-order valence-electron chi connectivity index (χ0n) is 15.0. The van der Waals surface area contributed by atoms with E-state index in [0.29, 0.717) is 29.8 Å². The van der Waals surface area contributed by atoms with Gasteiger partial charge in [0, 0.05) is 32.2 Å². The van der Waals surface area contributed by atoms with E-state index < -0.39 is 0 Å². The second kappa shape index (κ2) is 9.35. The predicted molar refractivity (Wildman–Crippen MR) is 103 cm³/mol. The van der Waals surface area contributed by atoms with E-state index in [4.69, 9.17) is 11.6 Å². The van der Waals surface area contributed by atoms with Crippen LogP contribution >= 0.6 is 11.6 Å². The predicted octanol–water partition coefficient (Wildman–Crippen LogP) is 1.95. The van der Waals surface area contributed by atoms with Gasteiger partial charge in [0.25, 0.3) is 0 Å². The number of anilines is 1. The van der Waals surface area contributed by atoms with E-state index in [1.54, 1.807) is 12.1 Å². The van der Waals surface area contributed by atoms with Crippen LogP contribution in [-0.2, 0) is 9.59 Å². The molecule has 1 aliphatic carbocycles. The molecular weight excluding hydrogens is 352 g/mol. The first-order valence-electron chi connectivity index (χ1n) is 9.38. The molecule has 0 radical (unpaired) electrons. The van der Waals surface area contributed by atoms with E-state index in [-0.39, 0.29) is 11.8 Å². The maximum Gasteiger partial charge on any atom is 0.238 e. The number of carbonyl (C=O) groups excluding carboxylic acids is 2. The number of carbonyl (C=O) groups is 2. The maximum absolute atomic E-state index is 12.2. The lowest BCUT2D eigenvalue weighted by molar-refractivity contribution is -0.124. The number of benzene rings is 1. The van der Waals surface area contributed by atoms with Crippen LogP contribution in [0.1, 0.15) is 25.7 Å². The molecular formula is C19H27ClN4O2. The molecule has 2 aliphatic rings. The number of halogens is 1. The van der Waals surface area contributed by atoms with Crippen LogP contribution < -0.4 is 10.6 Å². The van der Waals surface area contributed by atoms with E-state index in [2.05, 4.69) is 20.4 Å². The molecule has 0 spiro atoms. The molecule has 3 rings (SSSR count). The van der Waals surface area contributed by atoms with Gasteiger partial charge >= 0.3 is 0 Å². The summed E-state index contributed by atoms with van der Waals surface area (Å²) in [7, 11) is 0. The molecule has 26 heavy (non-hydrogen) atoms. The lowest BCUT2D eigenvalue weighted by Crippen LogP contribution is -2.51. The molecule has 6 nitrogen and oxygen atoms in total. The van der Waals surface area contributed by atoms with Crippen molar-refractivity contribution in [2.45, 2.75) is 31.7 Å². The first-order chi connectivity index (χ1) is 12.6. The van der Waals surface area contributed by atoms with E-state index in [0.717, 1.165) is 39.0 Å². The van der Waals surface area contributed by atoms with Gasteiger partial charge in [0.15, 0.2) is 0 Å². The minimum absolute atomic E-state index is 0.0643. The van der Waals surface area contributed by atoms with Gasteiger partial charge < -0.3 is 10.6 Å². The minimum Gasteiger partial charge on any atom is -0.352 e. The van der Waals surface area contributed by atoms with Gasteiger partial charge in [0.2, 0.25) is 11.8 Å². The second-order valence-corrected chi connectivity index (χ2v) is 7.54. The highest BCUT2D eigenvalue weighted by Gasteiger charge is 2.22. The van der Waals surface area contributed by atoms with Crippen LogP contribution in [0.4, 0.5) is 5.69 Å². The summed E-state index contributed by atoms with van der Waals surface area (Å²) in [4.78, 5) is 28.6. The van der Waals surface area contributed by atoms with Crippen LogP contribution in [0, 0.1) is 0 Å². The molecule has 1 aromatic rings. The number of rotatable bonds is 6. The Labute approximate surface area is 159 Å². The van der Waals surface area contributed by atoms with Gasteiger partial charge in [0.05, 0.1) is 23.8 Å². The Kier molecular flexibility index (Phi) is 6.88. The Morgan fingerprint density at radius 3 is 2.15 bits per heavy atom. The summed E-state index contributed by atoms with van der Waals surface area (Å²) in [6, 6.07) is 7.60. The SMILES string of the molecule is O=C(CN1CCN(CC(=O)NC2CCCC2)CC1)Nc1ccccc1Cl. The van der Waals surface area contributed by atoms with Crippen LogP contribution in [0.15, 0.2) is 24.3 Å². The molecule has 1 heterocycles. The second-order valence-electron chi connectivity index (χ2n) is 7.13. The maximum atomic E-state index is 12.2. The van der Waals surface area contributed by atoms with Gasteiger partial charge in [-0.1, -0.05) is 36.6 Å². The monoisotopic (exact) mass is 378 g/mol. The standard InChI is InChI=1S/C19H27ClN4O2/c20-16-7-3-4-8-17(16)22-19(26)14-24-11-9-23(10-12-24)13-18(25)21-15-5-1-2-6-15/h3-4,7-8,15H,1-2,5-6,9-14H2,(H,21,25)(H,22,26). The summed E-state index contributed by atoms with van der Waals surface area (Å²) in [5.41, 5.74) is 0.640. The van der Waals surface area contributed by atoms with Crippen molar-refractivity contribution in [1.29, 1.82) is 0 Å². The first kappa shape index (κ1) is 19.1. The third-order valence-electron chi connectivity index (χ3n) is 5.07. The summed E-state index contributed by atoms with van der Waals surface area (Å²) in [6.07, 6.45) is 4.67. The normalized spacial score (nSPS) is 19.4. The van der Waals surface area contributed by atoms with Crippen molar-refractivity contribution < 1.29 is 9.59 Å². The largest absolute Gasteiger partial charge is 0.352 e. The average Bonchev–Trinajstić information content (AvgIpc) is 3.11.